The topological polar surface area (TPSA) is 39.7 Å². The molecule has 0 fully saturated rings. The molecular weight excluding hydrogens is 363 g/mol. The Morgan fingerprint density at radius 2 is 1.75 bits per heavy atom. The van der Waals surface area contributed by atoms with E-state index in [2.05, 4.69) is 58.6 Å². The van der Waals surface area contributed by atoms with Crippen LogP contribution in [0.25, 0.3) is 0 Å². The average Bonchev–Trinajstić information content (AvgIpc) is 2.39. The second-order valence-electron chi connectivity index (χ2n) is 5.26. The Hall–Kier alpha value is -0.980. The summed E-state index contributed by atoms with van der Waals surface area (Å²) in [5.74, 6) is 1.46. The van der Waals surface area contributed by atoms with Gasteiger partial charge in [0.1, 0.15) is 0 Å². The van der Waals surface area contributed by atoms with Crippen LogP contribution in [0, 0.1) is 5.92 Å². The number of anilines is 1. The summed E-state index contributed by atoms with van der Waals surface area (Å²) < 4.78 is 0. The minimum atomic E-state index is 0. The van der Waals surface area contributed by atoms with Gasteiger partial charge in [-0.3, -0.25) is 4.99 Å². The molecule has 0 radical (unpaired) electrons. The molecule has 0 aliphatic heterocycles. The first-order valence-electron chi connectivity index (χ1n) is 6.73. The molecule has 0 aliphatic carbocycles. The van der Waals surface area contributed by atoms with Gasteiger partial charge in [0.25, 0.3) is 0 Å². The van der Waals surface area contributed by atoms with Crippen molar-refractivity contribution in [2.45, 2.75) is 20.4 Å². The third-order valence-electron chi connectivity index (χ3n) is 2.81. The molecule has 0 heterocycles. The highest BCUT2D eigenvalue weighted by Crippen LogP contribution is 2.11. The molecule has 0 unspecified atom stereocenters. The van der Waals surface area contributed by atoms with E-state index in [9.17, 15) is 0 Å². The van der Waals surface area contributed by atoms with Gasteiger partial charge in [-0.1, -0.05) is 26.0 Å². The first kappa shape index (κ1) is 19.0. The summed E-state index contributed by atoms with van der Waals surface area (Å²) in [6.45, 7) is 6.07. The van der Waals surface area contributed by atoms with Gasteiger partial charge in [0.2, 0.25) is 0 Å². The van der Waals surface area contributed by atoms with Gasteiger partial charge in [-0.15, -0.1) is 24.0 Å². The van der Waals surface area contributed by atoms with Gasteiger partial charge < -0.3 is 15.5 Å². The fourth-order valence-corrected chi connectivity index (χ4v) is 1.62. The van der Waals surface area contributed by atoms with E-state index < -0.39 is 0 Å². The van der Waals surface area contributed by atoms with Gasteiger partial charge in [-0.25, -0.2) is 0 Å². The van der Waals surface area contributed by atoms with Crippen molar-refractivity contribution in [2.75, 3.05) is 32.6 Å². The van der Waals surface area contributed by atoms with Gasteiger partial charge in [0, 0.05) is 39.9 Å². The molecule has 0 saturated heterocycles. The first-order chi connectivity index (χ1) is 9.02. The number of halogens is 1. The lowest BCUT2D eigenvalue weighted by Crippen LogP contribution is -2.38. The zero-order valence-electron chi connectivity index (χ0n) is 13.1. The normalized spacial score (nSPS) is 11.0. The Morgan fingerprint density at radius 1 is 1.15 bits per heavy atom. The van der Waals surface area contributed by atoms with E-state index in [-0.39, 0.29) is 24.0 Å². The molecular formula is C15H27IN4. The molecule has 1 aromatic rings. The van der Waals surface area contributed by atoms with E-state index in [1.165, 1.54) is 11.3 Å². The predicted molar refractivity (Wildman–Crippen MR) is 99.2 cm³/mol. The largest absolute Gasteiger partial charge is 0.378 e. The van der Waals surface area contributed by atoms with E-state index in [4.69, 9.17) is 0 Å². The Bertz CT molecular complexity index is 399. The van der Waals surface area contributed by atoms with Gasteiger partial charge in [-0.2, -0.15) is 0 Å². The molecule has 0 amide bonds. The van der Waals surface area contributed by atoms with Crippen LogP contribution >= 0.6 is 24.0 Å². The molecule has 0 bridgehead atoms. The van der Waals surface area contributed by atoms with E-state index in [0.29, 0.717) is 5.92 Å². The number of nitrogens with zero attached hydrogens (tertiary/aromatic N) is 2. The molecule has 2 N–H and O–H groups in total. The molecule has 114 valence electrons. The summed E-state index contributed by atoms with van der Waals surface area (Å²) in [6.07, 6.45) is 0. The van der Waals surface area contributed by atoms with Crippen molar-refractivity contribution >= 4 is 35.6 Å². The van der Waals surface area contributed by atoms with Crippen molar-refractivity contribution < 1.29 is 0 Å². The van der Waals surface area contributed by atoms with Gasteiger partial charge in [0.05, 0.1) is 0 Å². The Kier molecular flexibility index (Phi) is 9.37. The maximum absolute atomic E-state index is 4.21. The Morgan fingerprint density at radius 3 is 2.20 bits per heavy atom. The van der Waals surface area contributed by atoms with Crippen LogP contribution in [0.4, 0.5) is 5.69 Å². The minimum absolute atomic E-state index is 0. The van der Waals surface area contributed by atoms with Crippen LogP contribution in [0.1, 0.15) is 19.4 Å². The summed E-state index contributed by atoms with van der Waals surface area (Å²) in [5.41, 5.74) is 2.46. The van der Waals surface area contributed by atoms with Gasteiger partial charge in [0.15, 0.2) is 5.96 Å². The van der Waals surface area contributed by atoms with Gasteiger partial charge in [-0.05, 0) is 23.6 Å². The lowest BCUT2D eigenvalue weighted by molar-refractivity contribution is 0.614. The highest BCUT2D eigenvalue weighted by atomic mass is 127. The molecule has 0 atom stereocenters. The van der Waals surface area contributed by atoms with Crippen molar-refractivity contribution in [1.29, 1.82) is 0 Å². The fraction of sp³-hybridized carbons (Fsp3) is 0.533. The highest BCUT2D eigenvalue weighted by molar-refractivity contribution is 14.0. The van der Waals surface area contributed by atoms with Crippen LogP contribution in [0.3, 0.4) is 0 Å². The maximum atomic E-state index is 4.21. The van der Waals surface area contributed by atoms with Crippen LogP contribution in [-0.4, -0.2) is 33.6 Å². The molecule has 1 aromatic carbocycles. The number of rotatable bonds is 5. The molecule has 0 spiro atoms. The average molecular weight is 390 g/mol. The molecule has 4 nitrogen and oxygen atoms in total. The summed E-state index contributed by atoms with van der Waals surface area (Å²) in [6, 6.07) is 8.53. The monoisotopic (exact) mass is 390 g/mol. The van der Waals surface area contributed by atoms with Crippen LogP contribution in [-0.2, 0) is 6.54 Å². The van der Waals surface area contributed by atoms with Crippen LogP contribution < -0.4 is 15.5 Å². The van der Waals surface area contributed by atoms with E-state index in [1.54, 1.807) is 7.05 Å². The first-order valence-corrected chi connectivity index (χ1v) is 6.73. The van der Waals surface area contributed by atoms with E-state index in [0.717, 1.165) is 19.0 Å². The minimum Gasteiger partial charge on any atom is -0.378 e. The summed E-state index contributed by atoms with van der Waals surface area (Å²) >= 11 is 0. The lowest BCUT2D eigenvalue weighted by atomic mass is 10.2. The summed E-state index contributed by atoms with van der Waals surface area (Å²) in [7, 11) is 5.89. The third-order valence-corrected chi connectivity index (χ3v) is 2.81. The number of hydrogen-bond acceptors (Lipinski definition) is 2. The fourth-order valence-electron chi connectivity index (χ4n) is 1.62. The van der Waals surface area contributed by atoms with E-state index in [1.807, 2.05) is 14.1 Å². The quantitative estimate of drug-likeness (QED) is 0.462. The van der Waals surface area contributed by atoms with E-state index >= 15 is 0 Å². The number of hydrogen-bond donors (Lipinski definition) is 2. The number of nitrogens with one attached hydrogen (secondary N) is 2. The smallest absolute Gasteiger partial charge is 0.191 e. The molecule has 0 aliphatic rings. The number of aliphatic imine (C=N–C) groups is 1. The van der Waals surface area contributed by atoms with Crippen LogP contribution in [0.15, 0.2) is 29.3 Å². The zero-order chi connectivity index (χ0) is 14.3. The van der Waals surface area contributed by atoms with Crippen LogP contribution in [0.2, 0.25) is 0 Å². The Balaban J connectivity index is 0.00000361. The lowest BCUT2D eigenvalue weighted by Gasteiger charge is -2.15. The molecule has 0 saturated carbocycles. The summed E-state index contributed by atoms with van der Waals surface area (Å²) in [4.78, 5) is 6.30. The maximum Gasteiger partial charge on any atom is 0.191 e. The SMILES string of the molecule is CN=C(NCc1ccc(N(C)C)cc1)NCC(C)C.I. The molecule has 20 heavy (non-hydrogen) atoms. The standard InChI is InChI=1S/C15H26N4.HI/c1-12(2)10-17-15(16-3)18-11-13-6-8-14(9-7-13)19(4)5;/h6-9,12H,10-11H2,1-5H3,(H2,16,17,18);1H. The van der Waals surface area contributed by atoms with Gasteiger partial charge >= 0.3 is 0 Å². The van der Waals surface area contributed by atoms with Crippen LogP contribution in [0.5, 0.6) is 0 Å². The second kappa shape index (κ2) is 9.85. The van der Waals surface area contributed by atoms with Crippen molar-refractivity contribution in [3.8, 4) is 0 Å². The predicted octanol–water partition coefficient (Wildman–Crippen LogP) is 2.69. The van der Waals surface area contributed by atoms with Crippen molar-refractivity contribution in [2.24, 2.45) is 10.9 Å². The molecule has 1 rings (SSSR count). The van der Waals surface area contributed by atoms with Crippen molar-refractivity contribution in [3.05, 3.63) is 29.8 Å². The molecule has 5 heteroatoms. The molecule has 0 aromatic heterocycles. The van der Waals surface area contributed by atoms with Crippen molar-refractivity contribution in [3.63, 3.8) is 0 Å². The summed E-state index contributed by atoms with van der Waals surface area (Å²) in [5, 5.41) is 6.61. The Labute approximate surface area is 140 Å². The van der Waals surface area contributed by atoms with Crippen molar-refractivity contribution in [1.82, 2.24) is 10.6 Å². The number of guanidine groups is 1. The third kappa shape index (κ3) is 6.98. The number of benzene rings is 1. The highest BCUT2D eigenvalue weighted by Gasteiger charge is 2.00. The zero-order valence-corrected chi connectivity index (χ0v) is 15.4. The second-order valence-corrected chi connectivity index (χ2v) is 5.26.